The Balaban J connectivity index is 1.92. The molecule has 19 heavy (non-hydrogen) atoms. The van der Waals surface area contributed by atoms with Crippen LogP contribution in [0.3, 0.4) is 0 Å². The molecular weight excluding hydrogens is 349 g/mol. The van der Waals surface area contributed by atoms with Crippen molar-refractivity contribution in [1.29, 1.82) is 0 Å². The van der Waals surface area contributed by atoms with Crippen molar-refractivity contribution in [3.8, 4) is 0 Å². The first kappa shape index (κ1) is 13.6. The molecule has 104 valence electrons. The average molecular weight is 371 g/mol. The Labute approximate surface area is 129 Å². The van der Waals surface area contributed by atoms with E-state index in [1.54, 1.807) is 0 Å². The van der Waals surface area contributed by atoms with Crippen LogP contribution in [-0.2, 0) is 0 Å². The number of aromatic nitrogens is 2. The molecular formula is C15H22IN3. The van der Waals surface area contributed by atoms with Crippen molar-refractivity contribution in [3.63, 3.8) is 0 Å². The summed E-state index contributed by atoms with van der Waals surface area (Å²) in [5.74, 6) is 3.51. The Bertz CT molecular complexity index is 451. The fourth-order valence-corrected chi connectivity index (χ4v) is 3.71. The second-order valence-electron chi connectivity index (χ2n) is 5.81. The Morgan fingerprint density at radius 3 is 2.47 bits per heavy atom. The lowest BCUT2D eigenvalue weighted by Gasteiger charge is -2.15. The third kappa shape index (κ3) is 3.03. The Hall–Kier alpha value is -0.390. The summed E-state index contributed by atoms with van der Waals surface area (Å²) in [4.78, 5) is 9.76. The largest absolute Gasteiger partial charge is 0.369 e. The number of hydrogen-bond donors (Lipinski definition) is 1. The molecule has 2 fully saturated rings. The van der Waals surface area contributed by atoms with Crippen molar-refractivity contribution < 1.29 is 0 Å². The summed E-state index contributed by atoms with van der Waals surface area (Å²) in [6.07, 6.45) is 9.00. The van der Waals surface area contributed by atoms with Gasteiger partial charge in [0.2, 0.25) is 0 Å². The number of hydrogen-bond acceptors (Lipinski definition) is 3. The average Bonchev–Trinajstić information content (AvgIpc) is 3.11. The van der Waals surface area contributed by atoms with Crippen molar-refractivity contribution in [2.45, 2.75) is 63.7 Å². The fraction of sp³-hybridized carbons (Fsp3) is 0.733. The van der Waals surface area contributed by atoms with Gasteiger partial charge in [0.1, 0.15) is 11.6 Å². The van der Waals surface area contributed by atoms with Crippen LogP contribution < -0.4 is 5.32 Å². The summed E-state index contributed by atoms with van der Waals surface area (Å²) < 4.78 is 1.26. The normalized spacial score (nSPS) is 19.9. The van der Waals surface area contributed by atoms with E-state index in [9.17, 15) is 0 Å². The molecule has 0 unspecified atom stereocenters. The van der Waals surface area contributed by atoms with Crippen LogP contribution in [0.15, 0.2) is 0 Å². The molecule has 2 aliphatic carbocycles. The fourth-order valence-electron chi connectivity index (χ4n) is 2.84. The molecule has 0 bridgehead atoms. The van der Waals surface area contributed by atoms with Crippen molar-refractivity contribution in [3.05, 3.63) is 15.1 Å². The zero-order valence-electron chi connectivity index (χ0n) is 11.6. The van der Waals surface area contributed by atoms with Gasteiger partial charge in [-0.05, 0) is 54.7 Å². The summed E-state index contributed by atoms with van der Waals surface area (Å²) in [5, 5.41) is 3.49. The number of anilines is 1. The maximum atomic E-state index is 4.93. The quantitative estimate of drug-likeness (QED) is 0.778. The van der Waals surface area contributed by atoms with E-state index < -0.39 is 0 Å². The summed E-state index contributed by atoms with van der Waals surface area (Å²) >= 11 is 2.43. The molecule has 3 nitrogen and oxygen atoms in total. The summed E-state index contributed by atoms with van der Waals surface area (Å²) in [7, 11) is 0. The molecule has 2 saturated carbocycles. The third-order valence-corrected chi connectivity index (χ3v) is 5.18. The van der Waals surface area contributed by atoms with Gasteiger partial charge in [0, 0.05) is 18.4 Å². The van der Waals surface area contributed by atoms with E-state index in [0.29, 0.717) is 11.8 Å². The minimum atomic E-state index is 0.608. The van der Waals surface area contributed by atoms with Gasteiger partial charge in [-0.2, -0.15) is 0 Å². The minimum Gasteiger partial charge on any atom is -0.369 e. The van der Waals surface area contributed by atoms with E-state index in [2.05, 4.69) is 34.8 Å². The van der Waals surface area contributed by atoms with Crippen LogP contribution in [-0.4, -0.2) is 16.5 Å². The molecule has 1 N–H and O–H groups in total. The molecule has 0 spiro atoms. The molecule has 1 aromatic rings. The van der Waals surface area contributed by atoms with E-state index in [4.69, 9.17) is 9.97 Å². The van der Waals surface area contributed by atoms with Gasteiger partial charge in [0.05, 0.1) is 9.26 Å². The third-order valence-electron chi connectivity index (χ3n) is 4.12. The van der Waals surface area contributed by atoms with Gasteiger partial charge < -0.3 is 5.32 Å². The molecule has 2 aliphatic rings. The molecule has 1 aromatic heterocycles. The van der Waals surface area contributed by atoms with Crippen LogP contribution in [0, 0.1) is 3.57 Å². The second-order valence-corrected chi connectivity index (χ2v) is 6.89. The molecule has 0 atom stereocenters. The Morgan fingerprint density at radius 2 is 1.84 bits per heavy atom. The first-order chi connectivity index (χ1) is 9.29. The van der Waals surface area contributed by atoms with E-state index in [0.717, 1.165) is 24.6 Å². The van der Waals surface area contributed by atoms with Gasteiger partial charge in [-0.15, -0.1) is 0 Å². The number of halogens is 1. The summed E-state index contributed by atoms with van der Waals surface area (Å²) in [6, 6.07) is 0. The van der Waals surface area contributed by atoms with E-state index >= 15 is 0 Å². The minimum absolute atomic E-state index is 0.608. The highest BCUT2D eigenvalue weighted by Gasteiger charge is 2.31. The molecule has 4 heteroatoms. The van der Waals surface area contributed by atoms with Crippen LogP contribution in [0.25, 0.3) is 0 Å². The first-order valence-electron chi connectivity index (χ1n) is 7.60. The van der Waals surface area contributed by atoms with E-state index in [1.165, 1.54) is 47.8 Å². The van der Waals surface area contributed by atoms with Gasteiger partial charge in [-0.3, -0.25) is 0 Å². The van der Waals surface area contributed by atoms with Crippen molar-refractivity contribution in [1.82, 2.24) is 9.97 Å². The van der Waals surface area contributed by atoms with Gasteiger partial charge in [-0.1, -0.05) is 19.8 Å². The van der Waals surface area contributed by atoms with Gasteiger partial charge in [0.15, 0.2) is 0 Å². The molecule has 0 aromatic carbocycles. The molecule has 0 aliphatic heterocycles. The standard InChI is InChI=1S/C15H22IN3/c1-2-9-17-15-12(16)13(10-7-8-10)18-14(19-15)11-5-3-4-6-11/h10-11H,2-9H2,1H3,(H,17,18,19). The van der Waals surface area contributed by atoms with Crippen molar-refractivity contribution in [2.75, 3.05) is 11.9 Å². The first-order valence-corrected chi connectivity index (χ1v) is 8.68. The highest BCUT2D eigenvalue weighted by atomic mass is 127. The van der Waals surface area contributed by atoms with Gasteiger partial charge in [0.25, 0.3) is 0 Å². The number of nitrogens with one attached hydrogen (secondary N) is 1. The monoisotopic (exact) mass is 371 g/mol. The van der Waals surface area contributed by atoms with E-state index in [-0.39, 0.29) is 0 Å². The topological polar surface area (TPSA) is 37.8 Å². The van der Waals surface area contributed by atoms with Crippen LogP contribution >= 0.6 is 22.6 Å². The molecule has 0 saturated heterocycles. The molecule has 0 radical (unpaired) electrons. The maximum absolute atomic E-state index is 4.93. The zero-order valence-corrected chi connectivity index (χ0v) is 13.7. The smallest absolute Gasteiger partial charge is 0.143 e. The van der Waals surface area contributed by atoms with Crippen LogP contribution in [0.1, 0.15) is 75.2 Å². The Kier molecular flexibility index (Phi) is 4.24. The SMILES string of the molecule is CCCNc1nc(C2CCCC2)nc(C2CC2)c1I. The van der Waals surface area contributed by atoms with Gasteiger partial charge >= 0.3 is 0 Å². The highest BCUT2D eigenvalue weighted by Crippen LogP contribution is 2.43. The molecule has 0 amide bonds. The Morgan fingerprint density at radius 1 is 1.11 bits per heavy atom. The van der Waals surface area contributed by atoms with Crippen LogP contribution in [0.5, 0.6) is 0 Å². The van der Waals surface area contributed by atoms with Crippen molar-refractivity contribution in [2.24, 2.45) is 0 Å². The van der Waals surface area contributed by atoms with Gasteiger partial charge in [-0.25, -0.2) is 9.97 Å². The lowest BCUT2D eigenvalue weighted by Crippen LogP contribution is -2.12. The second kappa shape index (κ2) is 5.94. The molecule has 1 heterocycles. The zero-order chi connectivity index (χ0) is 13.2. The maximum Gasteiger partial charge on any atom is 0.143 e. The summed E-state index contributed by atoms with van der Waals surface area (Å²) in [5.41, 5.74) is 1.32. The number of nitrogens with zero attached hydrogens (tertiary/aromatic N) is 2. The highest BCUT2D eigenvalue weighted by molar-refractivity contribution is 14.1. The lowest BCUT2D eigenvalue weighted by molar-refractivity contribution is 0.659. The number of rotatable bonds is 5. The predicted molar refractivity (Wildman–Crippen MR) is 86.7 cm³/mol. The van der Waals surface area contributed by atoms with Crippen LogP contribution in [0.4, 0.5) is 5.82 Å². The van der Waals surface area contributed by atoms with Crippen LogP contribution in [0.2, 0.25) is 0 Å². The van der Waals surface area contributed by atoms with E-state index in [1.807, 2.05) is 0 Å². The van der Waals surface area contributed by atoms with Crippen molar-refractivity contribution >= 4 is 28.4 Å². The molecule has 3 rings (SSSR count). The lowest BCUT2D eigenvalue weighted by atomic mass is 10.1. The summed E-state index contributed by atoms with van der Waals surface area (Å²) in [6.45, 7) is 3.20. The predicted octanol–water partition coefficient (Wildman–Crippen LogP) is 4.44.